The van der Waals surface area contributed by atoms with Gasteiger partial charge >= 0.3 is 5.97 Å². The highest BCUT2D eigenvalue weighted by Gasteiger charge is 2.27. The van der Waals surface area contributed by atoms with Crippen LogP contribution >= 0.6 is 11.3 Å². The van der Waals surface area contributed by atoms with Gasteiger partial charge in [0, 0.05) is 17.4 Å². The average Bonchev–Trinajstić information content (AvgIpc) is 2.97. The van der Waals surface area contributed by atoms with Crippen molar-refractivity contribution in [1.29, 1.82) is 5.26 Å². The first kappa shape index (κ1) is 17.2. The van der Waals surface area contributed by atoms with Crippen LogP contribution in [0.1, 0.15) is 47.4 Å². The molecule has 0 unspecified atom stereocenters. The number of benzene rings is 1. The first-order valence-electron chi connectivity index (χ1n) is 8.18. The molecule has 5 nitrogen and oxygen atoms in total. The van der Waals surface area contributed by atoms with Crippen molar-refractivity contribution in [2.45, 2.75) is 38.7 Å². The summed E-state index contributed by atoms with van der Waals surface area (Å²) >= 11 is 1.45. The van der Waals surface area contributed by atoms with Gasteiger partial charge in [-0.15, -0.1) is 11.3 Å². The van der Waals surface area contributed by atoms with Crippen molar-refractivity contribution < 1.29 is 14.3 Å². The van der Waals surface area contributed by atoms with Crippen LogP contribution in [-0.4, -0.2) is 11.9 Å². The molecule has 6 heteroatoms. The van der Waals surface area contributed by atoms with Crippen LogP contribution in [0, 0.1) is 11.3 Å². The number of thiophene rings is 1. The molecule has 128 valence electrons. The number of rotatable bonds is 4. The second-order valence-electron chi connectivity index (χ2n) is 5.92. The van der Waals surface area contributed by atoms with Crippen molar-refractivity contribution >= 4 is 28.2 Å². The molecule has 1 aliphatic rings. The van der Waals surface area contributed by atoms with Gasteiger partial charge in [0.2, 0.25) is 6.10 Å². The summed E-state index contributed by atoms with van der Waals surface area (Å²) in [6.45, 7) is 1.27. The number of fused-ring (bicyclic) bond motifs is 1. The smallest absolute Gasteiger partial charge is 0.303 e. The Morgan fingerprint density at radius 2 is 1.96 bits per heavy atom. The minimum absolute atomic E-state index is 0.448. The number of carbonyl (C=O) groups excluding carboxylic acids is 2. The maximum Gasteiger partial charge on any atom is 0.303 e. The molecule has 0 spiro atoms. The van der Waals surface area contributed by atoms with Gasteiger partial charge in [0.1, 0.15) is 11.1 Å². The molecule has 1 aromatic carbocycles. The minimum atomic E-state index is -1.04. The fourth-order valence-corrected chi connectivity index (χ4v) is 4.26. The van der Waals surface area contributed by atoms with Crippen LogP contribution in [0.5, 0.6) is 0 Å². The van der Waals surface area contributed by atoms with Gasteiger partial charge in [-0.25, -0.2) is 0 Å². The van der Waals surface area contributed by atoms with E-state index >= 15 is 0 Å². The quantitative estimate of drug-likeness (QED) is 0.848. The molecule has 0 saturated heterocycles. The van der Waals surface area contributed by atoms with Gasteiger partial charge in [0.15, 0.2) is 0 Å². The summed E-state index contributed by atoms with van der Waals surface area (Å²) in [5, 5.41) is 12.8. The Bertz CT molecular complexity index is 836. The summed E-state index contributed by atoms with van der Waals surface area (Å²) in [6, 6.07) is 11.1. The highest BCUT2D eigenvalue weighted by Crippen LogP contribution is 2.38. The first-order valence-corrected chi connectivity index (χ1v) is 8.99. The van der Waals surface area contributed by atoms with E-state index in [4.69, 9.17) is 4.74 Å². The molecule has 1 N–H and O–H groups in total. The SMILES string of the molecule is CC(=O)O[C@@H](C(=O)Nc1sc2c(c1C#N)CCCC2)c1ccccc1. The van der Waals surface area contributed by atoms with E-state index in [1.165, 1.54) is 23.1 Å². The Labute approximate surface area is 150 Å². The number of ether oxygens (including phenoxy) is 1. The van der Waals surface area contributed by atoms with Crippen LogP contribution in [0.15, 0.2) is 30.3 Å². The molecule has 0 bridgehead atoms. The van der Waals surface area contributed by atoms with Crippen molar-refractivity contribution in [3.63, 3.8) is 0 Å². The van der Waals surface area contributed by atoms with E-state index < -0.39 is 18.0 Å². The maximum atomic E-state index is 12.7. The fraction of sp³-hybridized carbons (Fsp3) is 0.316. The summed E-state index contributed by atoms with van der Waals surface area (Å²) < 4.78 is 5.22. The van der Waals surface area contributed by atoms with Gasteiger partial charge in [0.05, 0.1) is 5.56 Å². The number of nitriles is 1. The Balaban J connectivity index is 1.88. The van der Waals surface area contributed by atoms with Crippen LogP contribution in [0.4, 0.5) is 5.00 Å². The van der Waals surface area contributed by atoms with Crippen molar-refractivity contribution in [2.75, 3.05) is 5.32 Å². The lowest BCUT2D eigenvalue weighted by atomic mass is 9.96. The van der Waals surface area contributed by atoms with Crippen molar-refractivity contribution in [3.8, 4) is 6.07 Å². The summed E-state index contributed by atoms with van der Waals surface area (Å²) in [6.07, 6.45) is 2.94. The molecule has 0 radical (unpaired) electrons. The minimum Gasteiger partial charge on any atom is -0.447 e. The number of carbonyl (C=O) groups is 2. The summed E-state index contributed by atoms with van der Waals surface area (Å²) in [4.78, 5) is 25.3. The number of esters is 1. The molecule has 1 atom stereocenters. The zero-order chi connectivity index (χ0) is 17.8. The van der Waals surface area contributed by atoms with Crippen LogP contribution in [-0.2, 0) is 27.2 Å². The molecule has 1 aromatic heterocycles. The number of amides is 1. The van der Waals surface area contributed by atoms with E-state index in [0.717, 1.165) is 31.2 Å². The van der Waals surface area contributed by atoms with E-state index in [1.807, 2.05) is 6.07 Å². The number of hydrogen-bond donors (Lipinski definition) is 1. The fourth-order valence-electron chi connectivity index (χ4n) is 3.02. The van der Waals surface area contributed by atoms with Crippen LogP contribution in [0.2, 0.25) is 0 Å². The van der Waals surface area contributed by atoms with Gasteiger partial charge in [-0.1, -0.05) is 30.3 Å². The largest absolute Gasteiger partial charge is 0.447 e. The lowest BCUT2D eigenvalue weighted by Crippen LogP contribution is -2.25. The Kier molecular flexibility index (Phi) is 5.15. The normalized spacial score (nSPS) is 14.1. The third-order valence-corrected chi connectivity index (χ3v) is 5.35. The molecule has 0 aliphatic heterocycles. The molecule has 0 fully saturated rings. The summed E-state index contributed by atoms with van der Waals surface area (Å²) in [5.41, 5.74) is 2.19. The van der Waals surface area contributed by atoms with E-state index in [-0.39, 0.29) is 0 Å². The summed E-state index contributed by atoms with van der Waals surface area (Å²) in [5.74, 6) is -0.980. The molecular weight excluding hydrogens is 336 g/mol. The zero-order valence-corrected chi connectivity index (χ0v) is 14.7. The van der Waals surface area contributed by atoms with Crippen molar-refractivity contribution in [1.82, 2.24) is 0 Å². The topological polar surface area (TPSA) is 79.2 Å². The number of aryl methyl sites for hydroxylation is 1. The zero-order valence-electron chi connectivity index (χ0n) is 13.9. The lowest BCUT2D eigenvalue weighted by molar-refractivity contribution is -0.152. The average molecular weight is 354 g/mol. The van der Waals surface area contributed by atoms with Gasteiger partial charge in [0.25, 0.3) is 5.91 Å². The maximum absolute atomic E-state index is 12.7. The Morgan fingerprint density at radius 1 is 1.24 bits per heavy atom. The molecule has 1 amide bonds. The third kappa shape index (κ3) is 3.72. The number of hydrogen-bond acceptors (Lipinski definition) is 5. The standard InChI is InChI=1S/C19H18N2O3S/c1-12(22)24-17(13-7-3-2-4-8-13)18(23)21-19-15(11-20)14-9-5-6-10-16(14)25-19/h2-4,7-8,17H,5-6,9-10H2,1H3,(H,21,23)/t17-/m1/s1. The predicted molar refractivity (Wildman–Crippen MR) is 95.3 cm³/mol. The molecule has 25 heavy (non-hydrogen) atoms. The van der Waals surface area contributed by atoms with Crippen molar-refractivity contribution in [3.05, 3.63) is 51.9 Å². The van der Waals surface area contributed by atoms with E-state index in [1.54, 1.807) is 24.3 Å². The highest BCUT2D eigenvalue weighted by molar-refractivity contribution is 7.16. The molecule has 3 rings (SSSR count). The molecule has 2 aromatic rings. The first-order chi connectivity index (χ1) is 12.1. The van der Waals surface area contributed by atoms with E-state index in [2.05, 4.69) is 11.4 Å². The Hall–Kier alpha value is -2.65. The Morgan fingerprint density at radius 3 is 2.64 bits per heavy atom. The number of anilines is 1. The lowest BCUT2D eigenvalue weighted by Gasteiger charge is -2.16. The van der Waals surface area contributed by atoms with E-state index in [0.29, 0.717) is 16.1 Å². The molecule has 1 aliphatic carbocycles. The number of nitrogens with zero attached hydrogens (tertiary/aromatic N) is 1. The van der Waals surface area contributed by atoms with Gasteiger partial charge in [-0.3, -0.25) is 9.59 Å². The second kappa shape index (κ2) is 7.49. The van der Waals surface area contributed by atoms with Gasteiger partial charge in [-0.05, 0) is 31.2 Å². The van der Waals surface area contributed by atoms with Crippen LogP contribution in [0.3, 0.4) is 0 Å². The van der Waals surface area contributed by atoms with Gasteiger partial charge < -0.3 is 10.1 Å². The van der Waals surface area contributed by atoms with Gasteiger partial charge in [-0.2, -0.15) is 5.26 Å². The van der Waals surface area contributed by atoms with Crippen LogP contribution in [0.25, 0.3) is 0 Å². The third-order valence-electron chi connectivity index (χ3n) is 4.14. The van der Waals surface area contributed by atoms with Crippen molar-refractivity contribution in [2.24, 2.45) is 0 Å². The predicted octanol–water partition coefficient (Wildman–Crippen LogP) is 3.74. The van der Waals surface area contributed by atoms with Crippen LogP contribution < -0.4 is 5.32 Å². The second-order valence-corrected chi connectivity index (χ2v) is 7.02. The monoisotopic (exact) mass is 354 g/mol. The number of nitrogens with one attached hydrogen (secondary N) is 1. The molecule has 1 heterocycles. The van der Waals surface area contributed by atoms with E-state index in [9.17, 15) is 14.9 Å². The molecular formula is C19H18N2O3S. The summed E-state index contributed by atoms with van der Waals surface area (Å²) in [7, 11) is 0. The highest BCUT2D eigenvalue weighted by atomic mass is 32.1. The molecule has 0 saturated carbocycles.